The highest BCUT2D eigenvalue weighted by Gasteiger charge is 2.31. The van der Waals surface area contributed by atoms with Crippen molar-refractivity contribution >= 4 is 27.6 Å². The quantitative estimate of drug-likeness (QED) is 0.340. The molecule has 1 saturated heterocycles. The van der Waals surface area contributed by atoms with Crippen LogP contribution in [0.4, 0.5) is 5.69 Å². The normalized spacial score (nSPS) is 14.6. The lowest BCUT2D eigenvalue weighted by Gasteiger charge is -2.33. The predicted octanol–water partition coefficient (Wildman–Crippen LogP) is 1.29. The van der Waals surface area contributed by atoms with E-state index in [9.17, 15) is 28.1 Å². The van der Waals surface area contributed by atoms with Gasteiger partial charge >= 0.3 is 5.97 Å². The Labute approximate surface area is 184 Å². The molecule has 12 heteroatoms. The molecule has 0 aromatic heterocycles. The fourth-order valence-electron chi connectivity index (χ4n) is 3.15. The van der Waals surface area contributed by atoms with E-state index in [1.165, 1.54) is 40.6 Å². The van der Waals surface area contributed by atoms with Crippen LogP contribution in [0.5, 0.6) is 5.75 Å². The summed E-state index contributed by atoms with van der Waals surface area (Å²) in [5.74, 6) is -0.531. The van der Waals surface area contributed by atoms with Gasteiger partial charge < -0.3 is 14.4 Å². The zero-order valence-corrected chi connectivity index (χ0v) is 18.0. The van der Waals surface area contributed by atoms with Gasteiger partial charge in [0.1, 0.15) is 5.75 Å². The lowest BCUT2D eigenvalue weighted by atomic mass is 10.2. The van der Waals surface area contributed by atoms with Crippen LogP contribution in [0.15, 0.2) is 53.4 Å². The van der Waals surface area contributed by atoms with Crippen LogP contribution in [0.25, 0.3) is 0 Å². The molecular formula is C20H21N3O8S. The highest BCUT2D eigenvalue weighted by Crippen LogP contribution is 2.22. The van der Waals surface area contributed by atoms with E-state index in [1.807, 2.05) is 0 Å². The molecule has 1 fully saturated rings. The van der Waals surface area contributed by atoms with Crippen molar-refractivity contribution in [2.45, 2.75) is 4.90 Å². The number of amides is 1. The highest BCUT2D eigenvalue weighted by molar-refractivity contribution is 7.89. The van der Waals surface area contributed by atoms with Gasteiger partial charge in [-0.2, -0.15) is 4.31 Å². The number of hydrogen-bond donors (Lipinski definition) is 0. The second-order valence-corrected chi connectivity index (χ2v) is 8.79. The van der Waals surface area contributed by atoms with Crippen molar-refractivity contribution in [1.82, 2.24) is 9.21 Å². The minimum Gasteiger partial charge on any atom is -0.484 e. The van der Waals surface area contributed by atoms with Crippen LogP contribution >= 0.6 is 0 Å². The summed E-state index contributed by atoms with van der Waals surface area (Å²) in [4.78, 5) is 35.6. The number of sulfonamides is 1. The zero-order chi connectivity index (χ0) is 23.3. The molecule has 0 atom stereocenters. The summed E-state index contributed by atoms with van der Waals surface area (Å²) in [7, 11) is -2.66. The first-order chi connectivity index (χ1) is 15.2. The van der Waals surface area contributed by atoms with Crippen LogP contribution in [0.2, 0.25) is 0 Å². The van der Waals surface area contributed by atoms with Crippen LogP contribution in [-0.4, -0.2) is 74.3 Å². The second kappa shape index (κ2) is 9.75. The highest BCUT2D eigenvalue weighted by atomic mass is 32.2. The Morgan fingerprint density at radius 3 is 2.41 bits per heavy atom. The van der Waals surface area contributed by atoms with Gasteiger partial charge in [-0.05, 0) is 24.3 Å². The molecule has 32 heavy (non-hydrogen) atoms. The van der Waals surface area contributed by atoms with Crippen molar-refractivity contribution in [1.29, 1.82) is 0 Å². The molecule has 1 aliphatic rings. The van der Waals surface area contributed by atoms with E-state index in [-0.39, 0.29) is 54.8 Å². The Kier molecular flexibility index (Phi) is 7.05. The maximum absolute atomic E-state index is 12.8. The molecular weight excluding hydrogens is 442 g/mol. The number of nitrogens with zero attached hydrogens (tertiary/aromatic N) is 3. The number of nitro benzene ring substituents is 1. The number of non-ortho nitro benzene ring substituents is 1. The summed E-state index contributed by atoms with van der Waals surface area (Å²) in [6.45, 7) is 0.128. The lowest BCUT2D eigenvalue weighted by Crippen LogP contribution is -2.51. The first-order valence-electron chi connectivity index (χ1n) is 9.56. The molecule has 0 radical (unpaired) electrons. The molecule has 2 aromatic rings. The van der Waals surface area contributed by atoms with Gasteiger partial charge in [0.05, 0.1) is 22.5 Å². The van der Waals surface area contributed by atoms with Gasteiger partial charge in [-0.15, -0.1) is 0 Å². The summed E-state index contributed by atoms with van der Waals surface area (Å²) in [6.07, 6.45) is 0. The molecule has 1 aliphatic heterocycles. The molecule has 0 spiro atoms. The number of benzene rings is 2. The smallest absolute Gasteiger partial charge is 0.337 e. The first-order valence-corrected chi connectivity index (χ1v) is 11.0. The Hall–Kier alpha value is -3.51. The van der Waals surface area contributed by atoms with Gasteiger partial charge in [0.15, 0.2) is 6.61 Å². The summed E-state index contributed by atoms with van der Waals surface area (Å²) >= 11 is 0. The summed E-state index contributed by atoms with van der Waals surface area (Å²) in [5.41, 5.74) is -0.0225. The van der Waals surface area contributed by atoms with Gasteiger partial charge in [-0.1, -0.05) is 12.1 Å². The maximum atomic E-state index is 12.8. The van der Waals surface area contributed by atoms with Crippen LogP contribution in [0.1, 0.15) is 10.4 Å². The second-order valence-electron chi connectivity index (χ2n) is 6.85. The largest absolute Gasteiger partial charge is 0.484 e. The zero-order valence-electron chi connectivity index (χ0n) is 17.2. The molecule has 1 heterocycles. The molecule has 1 amide bonds. The van der Waals surface area contributed by atoms with Crippen LogP contribution < -0.4 is 4.74 Å². The topological polar surface area (TPSA) is 136 Å². The fraction of sp³-hybridized carbons (Fsp3) is 0.300. The van der Waals surface area contributed by atoms with E-state index in [0.717, 1.165) is 6.07 Å². The van der Waals surface area contributed by atoms with Crippen LogP contribution in [0.3, 0.4) is 0 Å². The number of esters is 1. The maximum Gasteiger partial charge on any atom is 0.337 e. The molecule has 0 aliphatic carbocycles. The summed E-state index contributed by atoms with van der Waals surface area (Å²) in [6, 6.07) is 11.1. The van der Waals surface area contributed by atoms with E-state index in [2.05, 4.69) is 4.74 Å². The van der Waals surface area contributed by atoms with Gasteiger partial charge in [0, 0.05) is 38.3 Å². The molecule has 3 rings (SSSR count). The molecule has 11 nitrogen and oxygen atoms in total. The minimum atomic E-state index is -3.92. The first kappa shape index (κ1) is 23.2. The fourth-order valence-corrected chi connectivity index (χ4v) is 4.61. The van der Waals surface area contributed by atoms with E-state index in [0.29, 0.717) is 5.75 Å². The Morgan fingerprint density at radius 1 is 1.06 bits per heavy atom. The summed E-state index contributed by atoms with van der Waals surface area (Å²) < 4.78 is 36.9. The predicted molar refractivity (Wildman–Crippen MR) is 112 cm³/mol. The van der Waals surface area contributed by atoms with Gasteiger partial charge in [-0.25, -0.2) is 13.2 Å². The number of carbonyl (C=O) groups excluding carboxylic acids is 2. The number of hydrogen-bond acceptors (Lipinski definition) is 8. The third-order valence-electron chi connectivity index (χ3n) is 4.88. The van der Waals surface area contributed by atoms with Gasteiger partial charge in [0.25, 0.3) is 11.6 Å². The van der Waals surface area contributed by atoms with Crippen LogP contribution in [-0.2, 0) is 19.6 Å². The summed E-state index contributed by atoms with van der Waals surface area (Å²) in [5, 5.41) is 10.9. The van der Waals surface area contributed by atoms with Crippen molar-refractivity contribution in [2.24, 2.45) is 0 Å². The van der Waals surface area contributed by atoms with Crippen LogP contribution in [0, 0.1) is 10.1 Å². The lowest BCUT2D eigenvalue weighted by molar-refractivity contribution is -0.385. The van der Waals surface area contributed by atoms with E-state index >= 15 is 0 Å². The molecule has 0 N–H and O–H groups in total. The monoisotopic (exact) mass is 463 g/mol. The number of methoxy groups -OCH3 is 1. The van der Waals surface area contributed by atoms with E-state index in [4.69, 9.17) is 4.74 Å². The number of carbonyl (C=O) groups is 2. The SMILES string of the molecule is COC(=O)c1cccc(OCC(=O)N2CCN(S(=O)(=O)c3cccc([N+](=O)[O-])c3)CC2)c1. The Morgan fingerprint density at radius 2 is 1.75 bits per heavy atom. The van der Waals surface area contributed by atoms with Crippen molar-refractivity contribution in [2.75, 3.05) is 39.9 Å². The number of nitro groups is 1. The van der Waals surface area contributed by atoms with E-state index in [1.54, 1.807) is 18.2 Å². The molecule has 0 bridgehead atoms. The van der Waals surface area contributed by atoms with Gasteiger partial charge in [-0.3, -0.25) is 14.9 Å². The number of piperazine rings is 1. The average molecular weight is 463 g/mol. The third kappa shape index (κ3) is 5.21. The molecule has 0 unspecified atom stereocenters. The minimum absolute atomic E-state index is 0.0502. The van der Waals surface area contributed by atoms with Crippen molar-refractivity contribution in [3.8, 4) is 5.75 Å². The number of rotatable bonds is 7. The van der Waals surface area contributed by atoms with Crippen molar-refractivity contribution in [3.05, 3.63) is 64.2 Å². The van der Waals surface area contributed by atoms with Crippen molar-refractivity contribution < 1.29 is 32.4 Å². The molecule has 170 valence electrons. The average Bonchev–Trinajstić information content (AvgIpc) is 2.82. The molecule has 2 aromatic carbocycles. The Balaban J connectivity index is 1.57. The Bertz CT molecular complexity index is 1130. The molecule has 0 saturated carbocycles. The van der Waals surface area contributed by atoms with Crippen molar-refractivity contribution in [3.63, 3.8) is 0 Å². The standard InChI is InChI=1S/C20H21N3O8S/c1-30-20(25)15-4-2-6-17(12-15)31-14-19(24)21-8-10-22(11-9-21)32(28,29)18-7-3-5-16(13-18)23(26)27/h2-7,12-13H,8-11,14H2,1H3. The number of ether oxygens (including phenoxy) is 2. The third-order valence-corrected chi connectivity index (χ3v) is 6.77. The van der Waals surface area contributed by atoms with E-state index < -0.39 is 20.9 Å². The van der Waals surface area contributed by atoms with Gasteiger partial charge in [0.2, 0.25) is 10.0 Å².